The molecule has 3 aromatic rings. The van der Waals surface area contributed by atoms with Crippen molar-refractivity contribution in [1.82, 2.24) is 15.0 Å². The number of rotatable bonds is 5. The molecule has 1 N–H and O–H groups in total. The quantitative estimate of drug-likeness (QED) is 0.683. The third-order valence-corrected chi connectivity index (χ3v) is 4.56. The van der Waals surface area contributed by atoms with E-state index in [1.165, 1.54) is 30.7 Å². The Balaban J connectivity index is 1.82. The van der Waals surface area contributed by atoms with Gasteiger partial charge < -0.3 is 4.74 Å². The van der Waals surface area contributed by atoms with Crippen LogP contribution in [0.4, 0.5) is 10.1 Å². The van der Waals surface area contributed by atoms with Gasteiger partial charge in [-0.25, -0.2) is 22.8 Å². The van der Waals surface area contributed by atoms with Crippen molar-refractivity contribution in [1.29, 1.82) is 0 Å². The summed E-state index contributed by atoms with van der Waals surface area (Å²) in [4.78, 5) is 11.0. The van der Waals surface area contributed by atoms with Gasteiger partial charge in [0.25, 0.3) is 10.0 Å². The lowest BCUT2D eigenvalue weighted by atomic mass is 10.3. The van der Waals surface area contributed by atoms with Crippen molar-refractivity contribution in [2.75, 3.05) is 4.72 Å². The van der Waals surface area contributed by atoms with Gasteiger partial charge in [0.1, 0.15) is 10.6 Å². The largest absolute Gasteiger partial charge is 0.437 e. The van der Waals surface area contributed by atoms with Crippen molar-refractivity contribution in [3.63, 3.8) is 0 Å². The fourth-order valence-electron chi connectivity index (χ4n) is 1.85. The zero-order valence-electron chi connectivity index (χ0n) is 12.4. The summed E-state index contributed by atoms with van der Waals surface area (Å²) in [5, 5.41) is -0.404. The molecule has 0 spiro atoms. The number of anilines is 1. The minimum absolute atomic E-state index is 0.219. The monoisotopic (exact) mass is 380 g/mol. The standard InChI is InChI=1S/C15H10ClFN4O3S/c16-15-13(17)7-12(8-20-15)25(22,23)21-10-2-1-3-11(6-10)24-14-9-18-4-5-19-14/h1-9,21H. The maximum Gasteiger partial charge on any atom is 0.263 e. The molecule has 25 heavy (non-hydrogen) atoms. The Morgan fingerprint density at radius 1 is 1.12 bits per heavy atom. The topological polar surface area (TPSA) is 94.1 Å². The van der Waals surface area contributed by atoms with Gasteiger partial charge in [-0.2, -0.15) is 0 Å². The van der Waals surface area contributed by atoms with Crippen molar-refractivity contribution in [3.05, 3.63) is 66.1 Å². The van der Waals surface area contributed by atoms with E-state index < -0.39 is 21.0 Å². The van der Waals surface area contributed by atoms with Crippen LogP contribution in [0.1, 0.15) is 0 Å². The summed E-state index contributed by atoms with van der Waals surface area (Å²) >= 11 is 5.46. The van der Waals surface area contributed by atoms with Crippen LogP contribution in [0.15, 0.2) is 60.0 Å². The second-order valence-electron chi connectivity index (χ2n) is 4.72. The number of pyridine rings is 1. The zero-order chi connectivity index (χ0) is 17.9. The molecule has 0 saturated heterocycles. The van der Waals surface area contributed by atoms with Gasteiger partial charge in [-0.1, -0.05) is 17.7 Å². The number of ether oxygens (including phenoxy) is 1. The van der Waals surface area contributed by atoms with Crippen LogP contribution in [0.25, 0.3) is 0 Å². The van der Waals surface area contributed by atoms with Crippen LogP contribution in [0.3, 0.4) is 0 Å². The Labute approximate surface area is 147 Å². The van der Waals surface area contributed by atoms with E-state index in [0.29, 0.717) is 5.75 Å². The molecule has 0 bridgehead atoms. The lowest BCUT2D eigenvalue weighted by Gasteiger charge is -2.10. The predicted molar refractivity (Wildman–Crippen MR) is 88.6 cm³/mol. The second-order valence-corrected chi connectivity index (χ2v) is 6.76. The molecule has 128 valence electrons. The molecule has 0 unspecified atom stereocenters. The average Bonchev–Trinajstić information content (AvgIpc) is 2.58. The number of hydrogen-bond donors (Lipinski definition) is 1. The normalized spacial score (nSPS) is 11.1. The fourth-order valence-corrected chi connectivity index (χ4v) is 2.96. The summed E-state index contributed by atoms with van der Waals surface area (Å²) in [5.41, 5.74) is 0.219. The van der Waals surface area contributed by atoms with E-state index in [1.807, 2.05) is 0 Å². The van der Waals surface area contributed by atoms with E-state index in [0.717, 1.165) is 12.3 Å². The van der Waals surface area contributed by atoms with Gasteiger partial charge >= 0.3 is 0 Å². The first-order valence-corrected chi connectivity index (χ1v) is 8.68. The molecule has 0 fully saturated rings. The molecular formula is C15H10ClFN4O3S. The first-order chi connectivity index (χ1) is 11.9. The maximum absolute atomic E-state index is 13.4. The lowest BCUT2D eigenvalue weighted by Crippen LogP contribution is -2.13. The molecule has 0 aliphatic carbocycles. The zero-order valence-corrected chi connectivity index (χ0v) is 14.0. The molecule has 2 aromatic heterocycles. The van der Waals surface area contributed by atoms with Crippen LogP contribution in [0, 0.1) is 5.82 Å². The number of sulfonamides is 1. The minimum atomic E-state index is -4.04. The van der Waals surface area contributed by atoms with Crippen molar-refractivity contribution >= 4 is 27.3 Å². The highest BCUT2D eigenvalue weighted by Gasteiger charge is 2.17. The first kappa shape index (κ1) is 17.1. The Hall–Kier alpha value is -2.78. The van der Waals surface area contributed by atoms with E-state index in [1.54, 1.807) is 12.1 Å². The molecule has 10 heteroatoms. The van der Waals surface area contributed by atoms with E-state index in [9.17, 15) is 12.8 Å². The first-order valence-electron chi connectivity index (χ1n) is 6.82. The average molecular weight is 381 g/mol. The van der Waals surface area contributed by atoms with E-state index in [4.69, 9.17) is 16.3 Å². The smallest absolute Gasteiger partial charge is 0.263 e. The van der Waals surface area contributed by atoms with Gasteiger partial charge in [0.2, 0.25) is 5.88 Å². The highest BCUT2D eigenvalue weighted by molar-refractivity contribution is 7.92. The highest BCUT2D eigenvalue weighted by Crippen LogP contribution is 2.24. The third kappa shape index (κ3) is 4.20. The van der Waals surface area contributed by atoms with Crippen molar-refractivity contribution < 1.29 is 17.5 Å². The molecule has 2 heterocycles. The number of aromatic nitrogens is 3. The van der Waals surface area contributed by atoms with Crippen LogP contribution in [-0.2, 0) is 10.0 Å². The summed E-state index contributed by atoms with van der Waals surface area (Å²) in [7, 11) is -4.04. The Bertz CT molecular complexity index is 1000. The van der Waals surface area contributed by atoms with Crippen molar-refractivity contribution in [3.8, 4) is 11.6 Å². The molecule has 0 aliphatic heterocycles. The van der Waals surface area contributed by atoms with Crippen molar-refractivity contribution in [2.45, 2.75) is 4.90 Å². The Morgan fingerprint density at radius 3 is 2.68 bits per heavy atom. The molecule has 0 radical (unpaired) electrons. The summed E-state index contributed by atoms with van der Waals surface area (Å²) in [6, 6.07) is 6.96. The van der Waals surface area contributed by atoms with E-state index in [2.05, 4.69) is 19.7 Å². The van der Waals surface area contributed by atoms with Crippen LogP contribution in [-0.4, -0.2) is 23.4 Å². The molecule has 0 amide bonds. The van der Waals surface area contributed by atoms with Gasteiger partial charge in [-0.15, -0.1) is 0 Å². The van der Waals surface area contributed by atoms with Gasteiger partial charge in [0.15, 0.2) is 11.0 Å². The van der Waals surface area contributed by atoms with Crippen LogP contribution in [0.5, 0.6) is 11.6 Å². The van der Waals surface area contributed by atoms with E-state index in [-0.39, 0.29) is 16.5 Å². The number of nitrogens with zero attached hydrogens (tertiary/aromatic N) is 3. The lowest BCUT2D eigenvalue weighted by molar-refractivity contribution is 0.460. The van der Waals surface area contributed by atoms with Crippen LogP contribution in [0.2, 0.25) is 5.15 Å². The predicted octanol–water partition coefficient (Wildman–Crippen LogP) is 3.26. The highest BCUT2D eigenvalue weighted by atomic mass is 35.5. The van der Waals surface area contributed by atoms with Gasteiger partial charge in [-0.3, -0.25) is 9.71 Å². The summed E-state index contributed by atoms with van der Waals surface area (Å²) in [6.45, 7) is 0. The maximum atomic E-state index is 13.4. The van der Waals surface area contributed by atoms with Crippen LogP contribution < -0.4 is 9.46 Å². The third-order valence-electron chi connectivity index (χ3n) is 2.93. The summed E-state index contributed by atoms with van der Waals surface area (Å²) in [5.74, 6) is -0.322. The SMILES string of the molecule is O=S(=O)(Nc1cccc(Oc2cnccn2)c1)c1cnc(Cl)c(F)c1. The van der Waals surface area contributed by atoms with Crippen LogP contribution >= 0.6 is 11.6 Å². The second kappa shape index (κ2) is 6.99. The molecule has 0 saturated carbocycles. The van der Waals surface area contributed by atoms with Gasteiger partial charge in [0, 0.05) is 24.7 Å². The Kier molecular flexibility index (Phi) is 4.77. The van der Waals surface area contributed by atoms with Gasteiger partial charge in [0.05, 0.1) is 11.9 Å². The molecule has 0 aliphatic rings. The molecule has 3 rings (SSSR count). The number of halogens is 2. The molecule has 7 nitrogen and oxygen atoms in total. The summed E-state index contributed by atoms with van der Waals surface area (Å²) in [6.07, 6.45) is 5.34. The number of nitrogens with one attached hydrogen (secondary N) is 1. The summed E-state index contributed by atoms with van der Waals surface area (Å²) < 4.78 is 45.8. The molecule has 1 aromatic carbocycles. The number of hydrogen-bond acceptors (Lipinski definition) is 6. The Morgan fingerprint density at radius 2 is 1.96 bits per heavy atom. The minimum Gasteiger partial charge on any atom is -0.437 e. The molecular weight excluding hydrogens is 371 g/mol. The van der Waals surface area contributed by atoms with E-state index >= 15 is 0 Å². The van der Waals surface area contributed by atoms with Crippen molar-refractivity contribution in [2.24, 2.45) is 0 Å². The molecule has 0 atom stereocenters. The van der Waals surface area contributed by atoms with Gasteiger partial charge in [-0.05, 0) is 18.2 Å². The number of benzene rings is 1. The fraction of sp³-hybridized carbons (Fsp3) is 0.